The molecule has 2 aromatic rings. The molecule has 0 aromatic heterocycles. The smallest absolute Gasteiger partial charge is 0.251 e. The van der Waals surface area contributed by atoms with Crippen molar-refractivity contribution >= 4 is 28.4 Å². The van der Waals surface area contributed by atoms with Crippen LogP contribution in [-0.2, 0) is 9.59 Å². The molecule has 5 heteroatoms. The quantitative estimate of drug-likeness (QED) is 0.768. The first kappa shape index (κ1) is 16.7. The van der Waals surface area contributed by atoms with Gasteiger partial charge in [0.1, 0.15) is 5.78 Å². The number of Topliss-reactive ketones (excluding diaryl/α,β-unsaturated/α-hetero) is 1. The molecule has 5 nitrogen and oxygen atoms in total. The molecule has 0 atom stereocenters. The Morgan fingerprint density at radius 2 is 1.57 bits per heavy atom. The molecule has 0 bridgehead atoms. The van der Waals surface area contributed by atoms with Crippen molar-refractivity contribution in [2.45, 2.75) is 19.8 Å². The van der Waals surface area contributed by atoms with Crippen LogP contribution in [0.25, 0.3) is 10.8 Å². The summed E-state index contributed by atoms with van der Waals surface area (Å²) in [4.78, 5) is 34.5. The van der Waals surface area contributed by atoms with Crippen LogP contribution in [0.2, 0.25) is 0 Å². The highest BCUT2D eigenvalue weighted by atomic mass is 16.2. The molecule has 23 heavy (non-hydrogen) atoms. The number of amides is 2. The van der Waals surface area contributed by atoms with Crippen molar-refractivity contribution in [1.82, 2.24) is 10.6 Å². The Morgan fingerprint density at radius 1 is 0.870 bits per heavy atom. The van der Waals surface area contributed by atoms with Crippen LogP contribution >= 0.6 is 0 Å². The second-order valence-electron chi connectivity index (χ2n) is 5.33. The number of hydrogen-bond donors (Lipinski definition) is 2. The van der Waals surface area contributed by atoms with Crippen LogP contribution in [0.3, 0.4) is 0 Å². The molecule has 2 N–H and O–H groups in total. The van der Waals surface area contributed by atoms with E-state index in [4.69, 9.17) is 0 Å². The third-order valence-corrected chi connectivity index (χ3v) is 3.47. The Balaban J connectivity index is 1.83. The van der Waals surface area contributed by atoms with Crippen LogP contribution < -0.4 is 10.6 Å². The van der Waals surface area contributed by atoms with Crippen molar-refractivity contribution in [2.75, 3.05) is 13.1 Å². The van der Waals surface area contributed by atoms with E-state index in [1.54, 1.807) is 6.07 Å². The monoisotopic (exact) mass is 312 g/mol. The van der Waals surface area contributed by atoms with Crippen molar-refractivity contribution in [3.8, 4) is 0 Å². The molecule has 2 aromatic carbocycles. The van der Waals surface area contributed by atoms with Crippen LogP contribution in [0, 0.1) is 0 Å². The van der Waals surface area contributed by atoms with Gasteiger partial charge in [0.15, 0.2) is 0 Å². The van der Waals surface area contributed by atoms with Gasteiger partial charge in [-0.15, -0.1) is 0 Å². The van der Waals surface area contributed by atoms with E-state index in [9.17, 15) is 14.4 Å². The zero-order valence-electron chi connectivity index (χ0n) is 13.1. The van der Waals surface area contributed by atoms with Crippen LogP contribution in [-0.4, -0.2) is 30.7 Å². The zero-order valence-corrected chi connectivity index (χ0v) is 13.1. The summed E-state index contributed by atoms with van der Waals surface area (Å²) >= 11 is 0. The third-order valence-electron chi connectivity index (χ3n) is 3.47. The van der Waals surface area contributed by atoms with E-state index in [1.807, 2.05) is 36.4 Å². The van der Waals surface area contributed by atoms with E-state index in [0.717, 1.165) is 10.8 Å². The Morgan fingerprint density at radius 3 is 2.35 bits per heavy atom. The summed E-state index contributed by atoms with van der Waals surface area (Å²) in [5.41, 5.74) is 0.617. The fourth-order valence-electron chi connectivity index (χ4n) is 2.27. The van der Waals surface area contributed by atoms with Gasteiger partial charge in [-0.2, -0.15) is 0 Å². The van der Waals surface area contributed by atoms with E-state index in [0.29, 0.717) is 18.7 Å². The number of carbonyl (C=O) groups is 3. The topological polar surface area (TPSA) is 75.3 Å². The number of benzene rings is 2. The maximum Gasteiger partial charge on any atom is 0.251 e. The zero-order chi connectivity index (χ0) is 16.7. The van der Waals surface area contributed by atoms with E-state index in [1.165, 1.54) is 6.92 Å². The summed E-state index contributed by atoms with van der Waals surface area (Å²) in [5, 5.41) is 7.38. The average molecular weight is 312 g/mol. The van der Waals surface area contributed by atoms with Crippen molar-refractivity contribution < 1.29 is 14.4 Å². The molecule has 2 rings (SSSR count). The van der Waals surface area contributed by atoms with Gasteiger partial charge in [-0.05, 0) is 23.8 Å². The van der Waals surface area contributed by atoms with Gasteiger partial charge in [-0.25, -0.2) is 0 Å². The van der Waals surface area contributed by atoms with Crippen LogP contribution in [0.4, 0.5) is 0 Å². The summed E-state index contributed by atoms with van der Waals surface area (Å²) in [7, 11) is 0. The Kier molecular flexibility index (Phi) is 5.86. The van der Waals surface area contributed by atoms with E-state index < -0.39 is 0 Å². The number of ketones is 1. The predicted molar refractivity (Wildman–Crippen MR) is 89.2 cm³/mol. The second-order valence-corrected chi connectivity index (χ2v) is 5.33. The van der Waals surface area contributed by atoms with E-state index in [2.05, 4.69) is 10.6 Å². The van der Waals surface area contributed by atoms with Gasteiger partial charge in [0.25, 0.3) is 5.91 Å². The minimum absolute atomic E-state index is 0.00981. The fraction of sp³-hybridized carbons (Fsp3) is 0.278. The van der Waals surface area contributed by atoms with Crippen molar-refractivity contribution in [3.63, 3.8) is 0 Å². The van der Waals surface area contributed by atoms with Gasteiger partial charge in [0.2, 0.25) is 5.91 Å². The normalized spacial score (nSPS) is 10.3. The van der Waals surface area contributed by atoms with E-state index in [-0.39, 0.29) is 30.4 Å². The first-order valence-corrected chi connectivity index (χ1v) is 7.60. The summed E-state index contributed by atoms with van der Waals surface area (Å²) in [6.07, 6.45) is 0.431. The van der Waals surface area contributed by atoms with Crippen LogP contribution in [0.1, 0.15) is 30.1 Å². The Hall–Kier alpha value is -2.69. The molecule has 0 fully saturated rings. The minimum Gasteiger partial charge on any atom is -0.354 e. The molecule has 0 spiro atoms. The number of fused-ring (bicyclic) bond motifs is 1. The summed E-state index contributed by atoms with van der Waals surface area (Å²) < 4.78 is 0. The molecule has 0 aliphatic heterocycles. The lowest BCUT2D eigenvalue weighted by Gasteiger charge is -2.09. The van der Waals surface area contributed by atoms with Crippen LogP contribution in [0.5, 0.6) is 0 Å². The van der Waals surface area contributed by atoms with E-state index >= 15 is 0 Å². The van der Waals surface area contributed by atoms with Gasteiger partial charge in [0, 0.05) is 31.5 Å². The average Bonchev–Trinajstić information content (AvgIpc) is 2.56. The SMILES string of the molecule is CC(=O)CCC(=O)NCCNC(=O)c1cccc2ccccc12. The lowest BCUT2D eigenvalue weighted by Crippen LogP contribution is -2.34. The standard InChI is InChI=1S/C18H20N2O3/c1-13(21)9-10-17(22)19-11-12-20-18(23)16-8-4-6-14-5-2-3-7-15(14)16/h2-8H,9-12H2,1H3,(H,19,22)(H,20,23). The molecule has 0 heterocycles. The summed E-state index contributed by atoms with van der Waals surface area (Å²) in [6, 6.07) is 13.3. The lowest BCUT2D eigenvalue weighted by atomic mass is 10.0. The highest BCUT2D eigenvalue weighted by molar-refractivity contribution is 6.07. The van der Waals surface area contributed by atoms with Gasteiger partial charge < -0.3 is 15.4 Å². The van der Waals surface area contributed by atoms with Crippen molar-refractivity contribution in [1.29, 1.82) is 0 Å². The molecule has 0 saturated heterocycles. The number of carbonyl (C=O) groups excluding carboxylic acids is 3. The van der Waals surface area contributed by atoms with Crippen molar-refractivity contribution in [2.24, 2.45) is 0 Å². The molecule has 120 valence electrons. The Bertz CT molecular complexity index is 720. The van der Waals surface area contributed by atoms with Gasteiger partial charge in [-0.1, -0.05) is 36.4 Å². The molecule has 2 amide bonds. The number of nitrogens with one attached hydrogen (secondary N) is 2. The van der Waals surface area contributed by atoms with Crippen molar-refractivity contribution in [3.05, 3.63) is 48.0 Å². The van der Waals surface area contributed by atoms with Gasteiger partial charge >= 0.3 is 0 Å². The fourth-order valence-corrected chi connectivity index (χ4v) is 2.27. The second kappa shape index (κ2) is 8.08. The van der Waals surface area contributed by atoms with Gasteiger partial charge in [-0.3, -0.25) is 9.59 Å². The maximum absolute atomic E-state index is 12.2. The molecule has 0 aliphatic rings. The third kappa shape index (κ3) is 4.92. The van der Waals surface area contributed by atoms with Gasteiger partial charge in [0.05, 0.1) is 0 Å². The molecule has 0 saturated carbocycles. The molecule has 0 radical (unpaired) electrons. The largest absolute Gasteiger partial charge is 0.354 e. The number of hydrogen-bond acceptors (Lipinski definition) is 3. The first-order chi connectivity index (χ1) is 11.1. The van der Waals surface area contributed by atoms with Crippen LogP contribution in [0.15, 0.2) is 42.5 Å². The molecule has 0 unspecified atom stereocenters. The lowest BCUT2D eigenvalue weighted by molar-refractivity contribution is -0.124. The Labute approximate surface area is 135 Å². The summed E-state index contributed by atoms with van der Waals surface area (Å²) in [5.74, 6) is -0.358. The summed E-state index contributed by atoms with van der Waals surface area (Å²) in [6.45, 7) is 2.14. The maximum atomic E-state index is 12.2. The number of rotatable bonds is 7. The molecule has 0 aliphatic carbocycles. The highest BCUT2D eigenvalue weighted by Crippen LogP contribution is 2.18. The predicted octanol–water partition coefficient (Wildman–Crippen LogP) is 2.05. The minimum atomic E-state index is -0.181. The molecular formula is C18H20N2O3. The first-order valence-electron chi connectivity index (χ1n) is 7.60. The molecular weight excluding hydrogens is 292 g/mol. The highest BCUT2D eigenvalue weighted by Gasteiger charge is 2.09.